The highest BCUT2D eigenvalue weighted by Crippen LogP contribution is 2.07. The summed E-state index contributed by atoms with van der Waals surface area (Å²) in [6.07, 6.45) is -0.278. The topological polar surface area (TPSA) is 85.4 Å². The van der Waals surface area contributed by atoms with Gasteiger partial charge in [-0.1, -0.05) is 0 Å². The molecule has 28 heavy (non-hydrogen) atoms. The van der Waals surface area contributed by atoms with Crippen molar-refractivity contribution in [2.24, 2.45) is 0 Å². The van der Waals surface area contributed by atoms with Gasteiger partial charge in [0.1, 0.15) is 0 Å². The lowest BCUT2D eigenvalue weighted by atomic mass is 10.1. The average molecular weight is 398 g/mol. The van der Waals surface area contributed by atoms with Crippen molar-refractivity contribution in [3.05, 3.63) is 0 Å². The van der Waals surface area contributed by atoms with Crippen LogP contribution in [0.4, 0.5) is 4.79 Å². The first-order chi connectivity index (χ1) is 13.2. The highest BCUT2D eigenvalue weighted by molar-refractivity contribution is 5.79. The molecule has 0 aromatic carbocycles. The van der Waals surface area contributed by atoms with E-state index in [4.69, 9.17) is 4.74 Å². The Morgan fingerprint density at radius 3 is 1.82 bits per heavy atom. The highest BCUT2D eigenvalue weighted by Gasteiger charge is 2.27. The van der Waals surface area contributed by atoms with E-state index in [1.807, 2.05) is 25.7 Å². The van der Waals surface area contributed by atoms with E-state index in [-0.39, 0.29) is 23.4 Å². The molecule has 2 aliphatic heterocycles. The first kappa shape index (κ1) is 22.4. The van der Waals surface area contributed by atoms with Crippen molar-refractivity contribution in [1.82, 2.24) is 24.9 Å². The molecule has 2 heterocycles. The number of ether oxygens (including phenoxy) is 1. The van der Waals surface area contributed by atoms with E-state index in [0.29, 0.717) is 72.1 Å². The average Bonchev–Trinajstić information content (AvgIpc) is 2.61. The van der Waals surface area contributed by atoms with Crippen molar-refractivity contribution >= 4 is 17.9 Å². The zero-order valence-electron chi connectivity index (χ0n) is 17.7. The normalized spacial score (nSPS) is 19.4. The van der Waals surface area contributed by atoms with Gasteiger partial charge in [0.2, 0.25) is 11.8 Å². The summed E-state index contributed by atoms with van der Waals surface area (Å²) in [5.41, 5.74) is -0.230. The lowest BCUT2D eigenvalue weighted by molar-refractivity contribution is -0.134. The number of amides is 3. The fraction of sp³-hybridized carbons (Fsp3) is 0.842. The molecule has 2 fully saturated rings. The third-order valence-corrected chi connectivity index (χ3v) is 4.86. The SMILES string of the molecule is CCOC(=O)N1CCN(CC(=O)N2CCN(CC(=O)NC(C)(C)C)CC2)CC1. The molecule has 0 aliphatic carbocycles. The molecule has 1 N–H and O–H groups in total. The van der Waals surface area contributed by atoms with Crippen LogP contribution in [0.2, 0.25) is 0 Å². The molecule has 9 nitrogen and oxygen atoms in total. The van der Waals surface area contributed by atoms with Crippen LogP contribution in [0.1, 0.15) is 27.7 Å². The van der Waals surface area contributed by atoms with Gasteiger partial charge in [0.05, 0.1) is 19.7 Å². The Morgan fingerprint density at radius 2 is 1.32 bits per heavy atom. The molecule has 0 atom stereocenters. The Labute approximate surface area is 167 Å². The van der Waals surface area contributed by atoms with Gasteiger partial charge >= 0.3 is 6.09 Å². The molecule has 0 bridgehead atoms. The molecule has 0 aromatic rings. The quantitative estimate of drug-likeness (QED) is 0.693. The molecule has 0 saturated carbocycles. The van der Waals surface area contributed by atoms with Crippen molar-refractivity contribution in [3.63, 3.8) is 0 Å². The number of carbonyl (C=O) groups excluding carboxylic acids is 3. The van der Waals surface area contributed by atoms with Gasteiger partial charge in [-0.15, -0.1) is 0 Å². The fourth-order valence-electron chi connectivity index (χ4n) is 3.41. The van der Waals surface area contributed by atoms with E-state index in [0.717, 1.165) is 0 Å². The Morgan fingerprint density at radius 1 is 0.821 bits per heavy atom. The minimum atomic E-state index is -0.278. The molecule has 0 aromatic heterocycles. The number of piperazine rings is 2. The van der Waals surface area contributed by atoms with Gasteiger partial charge in [-0.2, -0.15) is 0 Å². The van der Waals surface area contributed by atoms with Crippen molar-refractivity contribution < 1.29 is 19.1 Å². The fourth-order valence-corrected chi connectivity index (χ4v) is 3.41. The minimum Gasteiger partial charge on any atom is -0.450 e. The lowest BCUT2D eigenvalue weighted by Crippen LogP contribution is -2.55. The molecule has 9 heteroatoms. The lowest BCUT2D eigenvalue weighted by Gasteiger charge is -2.37. The monoisotopic (exact) mass is 397 g/mol. The predicted molar refractivity (Wildman–Crippen MR) is 106 cm³/mol. The van der Waals surface area contributed by atoms with E-state index < -0.39 is 0 Å². The van der Waals surface area contributed by atoms with E-state index in [2.05, 4.69) is 15.1 Å². The zero-order chi connectivity index (χ0) is 20.7. The van der Waals surface area contributed by atoms with Crippen LogP contribution in [0.25, 0.3) is 0 Å². The third-order valence-electron chi connectivity index (χ3n) is 4.86. The summed E-state index contributed by atoms with van der Waals surface area (Å²) >= 11 is 0. The molecule has 2 rings (SSSR count). The summed E-state index contributed by atoms with van der Waals surface area (Å²) in [4.78, 5) is 44.1. The molecule has 160 valence electrons. The Hall–Kier alpha value is -1.87. The maximum atomic E-state index is 12.6. The van der Waals surface area contributed by atoms with Crippen molar-refractivity contribution in [1.29, 1.82) is 0 Å². The standard InChI is InChI=1S/C19H35N5O4/c1-5-28-18(27)24-12-8-22(9-13-24)15-17(26)23-10-6-21(7-11-23)14-16(25)20-19(2,3)4/h5-15H2,1-4H3,(H,20,25). The van der Waals surface area contributed by atoms with Crippen LogP contribution in [0.5, 0.6) is 0 Å². The molecule has 0 radical (unpaired) electrons. The smallest absolute Gasteiger partial charge is 0.409 e. The number of carbonyl (C=O) groups is 3. The van der Waals surface area contributed by atoms with E-state index in [9.17, 15) is 14.4 Å². The number of nitrogens with one attached hydrogen (secondary N) is 1. The van der Waals surface area contributed by atoms with Gasteiger partial charge in [-0.25, -0.2) is 4.79 Å². The first-order valence-electron chi connectivity index (χ1n) is 10.1. The molecule has 3 amide bonds. The summed E-state index contributed by atoms with van der Waals surface area (Å²) < 4.78 is 5.02. The number of rotatable bonds is 5. The summed E-state index contributed by atoms with van der Waals surface area (Å²) in [5, 5.41) is 2.97. The second-order valence-electron chi connectivity index (χ2n) is 8.42. The summed E-state index contributed by atoms with van der Waals surface area (Å²) in [5.74, 6) is 0.134. The van der Waals surface area contributed by atoms with Gasteiger partial charge in [0.15, 0.2) is 0 Å². The van der Waals surface area contributed by atoms with Crippen LogP contribution < -0.4 is 5.32 Å². The second-order valence-corrected chi connectivity index (χ2v) is 8.42. The second kappa shape index (κ2) is 10.1. The van der Waals surface area contributed by atoms with Gasteiger partial charge in [0.25, 0.3) is 0 Å². The van der Waals surface area contributed by atoms with Gasteiger partial charge < -0.3 is 19.9 Å². The molecular weight excluding hydrogens is 362 g/mol. The minimum absolute atomic E-state index is 0.0201. The molecule has 0 spiro atoms. The number of hydrogen-bond donors (Lipinski definition) is 1. The third kappa shape index (κ3) is 7.27. The molecular formula is C19H35N5O4. The molecule has 2 saturated heterocycles. The first-order valence-corrected chi connectivity index (χ1v) is 10.1. The highest BCUT2D eigenvalue weighted by atomic mass is 16.6. The van der Waals surface area contributed by atoms with Crippen LogP contribution >= 0.6 is 0 Å². The van der Waals surface area contributed by atoms with Crippen molar-refractivity contribution in [2.75, 3.05) is 72.1 Å². The van der Waals surface area contributed by atoms with Crippen LogP contribution in [0.3, 0.4) is 0 Å². The van der Waals surface area contributed by atoms with Crippen LogP contribution in [-0.2, 0) is 14.3 Å². The van der Waals surface area contributed by atoms with Gasteiger partial charge in [-0.05, 0) is 27.7 Å². The van der Waals surface area contributed by atoms with Crippen LogP contribution in [0.15, 0.2) is 0 Å². The maximum absolute atomic E-state index is 12.6. The Bertz CT molecular complexity index is 547. The summed E-state index contributed by atoms with van der Waals surface area (Å²) in [6.45, 7) is 14.0. The van der Waals surface area contributed by atoms with Crippen LogP contribution in [0, 0.1) is 0 Å². The summed E-state index contributed by atoms with van der Waals surface area (Å²) in [6, 6.07) is 0. The predicted octanol–water partition coefficient (Wildman–Crippen LogP) is -0.181. The maximum Gasteiger partial charge on any atom is 0.409 e. The van der Waals surface area contributed by atoms with E-state index in [1.54, 1.807) is 11.8 Å². The van der Waals surface area contributed by atoms with Gasteiger partial charge in [0, 0.05) is 57.9 Å². The molecule has 0 unspecified atom stereocenters. The number of hydrogen-bond acceptors (Lipinski definition) is 6. The van der Waals surface area contributed by atoms with Crippen molar-refractivity contribution in [3.8, 4) is 0 Å². The molecule has 2 aliphatic rings. The zero-order valence-corrected chi connectivity index (χ0v) is 17.7. The van der Waals surface area contributed by atoms with Gasteiger partial charge in [-0.3, -0.25) is 19.4 Å². The van der Waals surface area contributed by atoms with Crippen LogP contribution in [-0.4, -0.2) is 115 Å². The van der Waals surface area contributed by atoms with E-state index >= 15 is 0 Å². The largest absolute Gasteiger partial charge is 0.450 e. The van der Waals surface area contributed by atoms with Crippen molar-refractivity contribution in [2.45, 2.75) is 33.2 Å². The van der Waals surface area contributed by atoms with E-state index in [1.165, 1.54) is 0 Å². The Balaban J connectivity index is 1.67. The number of nitrogens with zero attached hydrogens (tertiary/aromatic N) is 4. The summed E-state index contributed by atoms with van der Waals surface area (Å²) in [7, 11) is 0. The Kier molecular flexibility index (Phi) is 8.06.